The summed E-state index contributed by atoms with van der Waals surface area (Å²) in [4.78, 5) is 6.06. The molecule has 2 rings (SSSR count). The first-order valence-corrected chi connectivity index (χ1v) is 6.39. The fraction of sp³-hybridized carbons (Fsp3) is 0.545. The average Bonchev–Trinajstić information content (AvgIpc) is 2.31. The Hall–Kier alpha value is -0.680. The normalized spacial score (nSPS) is 25.8. The van der Waals surface area contributed by atoms with Crippen LogP contribution in [0.15, 0.2) is 18.3 Å². The highest BCUT2D eigenvalue weighted by Gasteiger charge is 2.27. The summed E-state index contributed by atoms with van der Waals surface area (Å²) in [6.07, 6.45) is 1.71. The van der Waals surface area contributed by atoms with Crippen LogP contribution in [-0.2, 0) is 4.74 Å². The van der Waals surface area contributed by atoms with E-state index in [9.17, 15) is 4.39 Å². The predicted octanol–water partition coefficient (Wildman–Crippen LogP) is 2.21. The summed E-state index contributed by atoms with van der Waals surface area (Å²) in [5.74, 6) is 0.147. The Morgan fingerprint density at radius 3 is 3.19 bits per heavy atom. The summed E-state index contributed by atoms with van der Waals surface area (Å²) < 4.78 is 19.2. The van der Waals surface area contributed by atoms with Gasteiger partial charge in [0.25, 0.3) is 0 Å². The summed E-state index contributed by atoms with van der Waals surface area (Å²) >= 11 is 3.38. The van der Waals surface area contributed by atoms with Gasteiger partial charge in [0.05, 0.1) is 18.8 Å². The van der Waals surface area contributed by atoms with E-state index in [-0.39, 0.29) is 18.0 Å². The number of rotatable bonds is 2. The number of halogens is 2. The number of hydrogen-bond acceptors (Lipinski definition) is 3. The Labute approximate surface area is 103 Å². The predicted molar refractivity (Wildman–Crippen MR) is 64.5 cm³/mol. The van der Waals surface area contributed by atoms with Crippen LogP contribution in [0.1, 0.15) is 6.92 Å². The molecule has 5 heteroatoms. The molecule has 0 N–H and O–H groups in total. The average molecular weight is 289 g/mol. The van der Waals surface area contributed by atoms with Crippen LogP contribution in [0.25, 0.3) is 0 Å². The lowest BCUT2D eigenvalue weighted by atomic mass is 10.2. The van der Waals surface area contributed by atoms with E-state index in [2.05, 4.69) is 20.9 Å². The second-order valence-corrected chi connectivity index (χ2v) is 4.57. The molecule has 2 heterocycles. The maximum Gasteiger partial charge on any atom is 0.165 e. The number of hydrogen-bond donors (Lipinski definition) is 0. The van der Waals surface area contributed by atoms with Crippen molar-refractivity contribution in [1.29, 1.82) is 0 Å². The molecule has 0 amide bonds. The van der Waals surface area contributed by atoms with E-state index in [1.165, 1.54) is 6.07 Å². The van der Waals surface area contributed by atoms with Crippen LogP contribution in [0.3, 0.4) is 0 Å². The second-order valence-electron chi connectivity index (χ2n) is 3.92. The topological polar surface area (TPSA) is 25.4 Å². The van der Waals surface area contributed by atoms with Gasteiger partial charge in [-0.15, -0.1) is 0 Å². The van der Waals surface area contributed by atoms with Gasteiger partial charge in [-0.1, -0.05) is 15.9 Å². The largest absolute Gasteiger partial charge is 0.373 e. The Bertz CT molecular complexity index is 364. The molecule has 0 radical (unpaired) electrons. The number of anilines is 1. The Kier molecular flexibility index (Phi) is 3.76. The maximum absolute atomic E-state index is 13.6. The molecule has 1 aliphatic heterocycles. The molecule has 1 aliphatic rings. The standard InChI is InChI=1S/C11H14BrFN2O/c1-8-7-16-9(5-12)6-15(8)11-10(13)3-2-4-14-11/h2-4,8-9H,5-7H2,1H3. The van der Waals surface area contributed by atoms with Crippen LogP contribution < -0.4 is 4.90 Å². The maximum atomic E-state index is 13.6. The van der Waals surface area contributed by atoms with E-state index in [4.69, 9.17) is 4.74 Å². The summed E-state index contributed by atoms with van der Waals surface area (Å²) in [5.41, 5.74) is 0. The molecule has 0 aromatic carbocycles. The zero-order valence-corrected chi connectivity index (χ0v) is 10.7. The minimum atomic E-state index is -0.274. The third-order valence-corrected chi connectivity index (χ3v) is 3.41. The van der Waals surface area contributed by atoms with Crippen LogP contribution in [-0.4, -0.2) is 35.6 Å². The Balaban J connectivity index is 2.21. The van der Waals surface area contributed by atoms with Crippen molar-refractivity contribution in [3.8, 4) is 0 Å². The van der Waals surface area contributed by atoms with Gasteiger partial charge in [-0.25, -0.2) is 9.37 Å². The van der Waals surface area contributed by atoms with Crippen molar-refractivity contribution in [3.63, 3.8) is 0 Å². The Morgan fingerprint density at radius 2 is 2.50 bits per heavy atom. The quantitative estimate of drug-likeness (QED) is 0.781. The number of ether oxygens (including phenoxy) is 1. The molecule has 0 bridgehead atoms. The number of morpholine rings is 1. The molecule has 1 aromatic rings. The highest BCUT2D eigenvalue weighted by Crippen LogP contribution is 2.22. The first-order valence-electron chi connectivity index (χ1n) is 5.27. The molecule has 1 fully saturated rings. The number of pyridine rings is 1. The molecule has 2 atom stereocenters. The van der Waals surface area contributed by atoms with Crippen LogP contribution in [0.5, 0.6) is 0 Å². The number of alkyl halides is 1. The van der Waals surface area contributed by atoms with E-state index in [0.29, 0.717) is 19.0 Å². The van der Waals surface area contributed by atoms with Gasteiger partial charge in [0.15, 0.2) is 11.6 Å². The van der Waals surface area contributed by atoms with Gasteiger partial charge in [-0.05, 0) is 19.1 Å². The van der Waals surface area contributed by atoms with Crippen LogP contribution in [0.2, 0.25) is 0 Å². The van der Waals surface area contributed by atoms with Gasteiger partial charge in [-0.3, -0.25) is 0 Å². The minimum Gasteiger partial charge on any atom is -0.373 e. The van der Waals surface area contributed by atoms with Gasteiger partial charge in [0.1, 0.15) is 0 Å². The molecule has 0 aliphatic carbocycles. The van der Waals surface area contributed by atoms with Gasteiger partial charge < -0.3 is 9.64 Å². The monoisotopic (exact) mass is 288 g/mol. The molecule has 1 saturated heterocycles. The van der Waals surface area contributed by atoms with E-state index >= 15 is 0 Å². The summed E-state index contributed by atoms with van der Waals surface area (Å²) in [6.45, 7) is 3.28. The summed E-state index contributed by atoms with van der Waals surface area (Å²) in [5, 5.41) is 0.755. The highest BCUT2D eigenvalue weighted by molar-refractivity contribution is 9.09. The Morgan fingerprint density at radius 1 is 1.69 bits per heavy atom. The first-order chi connectivity index (χ1) is 7.72. The van der Waals surface area contributed by atoms with Crippen molar-refractivity contribution < 1.29 is 9.13 Å². The molecule has 0 spiro atoms. The molecular weight excluding hydrogens is 275 g/mol. The smallest absolute Gasteiger partial charge is 0.165 e. The van der Waals surface area contributed by atoms with E-state index in [0.717, 1.165) is 5.33 Å². The number of nitrogens with zero attached hydrogens (tertiary/aromatic N) is 2. The van der Waals surface area contributed by atoms with Crippen LogP contribution in [0, 0.1) is 5.82 Å². The van der Waals surface area contributed by atoms with Crippen molar-refractivity contribution >= 4 is 21.7 Å². The van der Waals surface area contributed by atoms with Gasteiger partial charge in [0.2, 0.25) is 0 Å². The van der Waals surface area contributed by atoms with Gasteiger partial charge >= 0.3 is 0 Å². The van der Waals surface area contributed by atoms with E-state index < -0.39 is 0 Å². The lowest BCUT2D eigenvalue weighted by Gasteiger charge is -2.38. The fourth-order valence-electron chi connectivity index (χ4n) is 1.79. The molecule has 1 aromatic heterocycles. The minimum absolute atomic E-state index is 0.0950. The van der Waals surface area contributed by atoms with Crippen LogP contribution in [0.4, 0.5) is 10.2 Å². The van der Waals surface area contributed by atoms with Crippen molar-refractivity contribution in [2.45, 2.75) is 19.1 Å². The summed E-state index contributed by atoms with van der Waals surface area (Å²) in [6, 6.07) is 3.19. The SMILES string of the molecule is CC1COC(CBr)CN1c1ncccc1F. The fourth-order valence-corrected chi connectivity index (χ4v) is 2.19. The lowest BCUT2D eigenvalue weighted by Crippen LogP contribution is -2.49. The van der Waals surface area contributed by atoms with Crippen LogP contribution >= 0.6 is 15.9 Å². The molecule has 2 unspecified atom stereocenters. The molecular formula is C11H14BrFN2O. The van der Waals surface area contributed by atoms with E-state index in [1.54, 1.807) is 12.3 Å². The number of aromatic nitrogens is 1. The highest BCUT2D eigenvalue weighted by atomic mass is 79.9. The van der Waals surface area contributed by atoms with E-state index in [1.807, 2.05) is 11.8 Å². The van der Waals surface area contributed by atoms with Crippen molar-refractivity contribution in [3.05, 3.63) is 24.1 Å². The second kappa shape index (κ2) is 5.10. The van der Waals surface area contributed by atoms with Crippen molar-refractivity contribution in [1.82, 2.24) is 4.98 Å². The molecule has 16 heavy (non-hydrogen) atoms. The first kappa shape index (κ1) is 11.8. The molecule has 0 saturated carbocycles. The zero-order valence-electron chi connectivity index (χ0n) is 9.07. The zero-order chi connectivity index (χ0) is 11.5. The van der Waals surface area contributed by atoms with Gasteiger partial charge in [0, 0.05) is 18.1 Å². The lowest BCUT2D eigenvalue weighted by molar-refractivity contribution is 0.0373. The third kappa shape index (κ3) is 2.35. The molecule has 3 nitrogen and oxygen atoms in total. The van der Waals surface area contributed by atoms with Crippen molar-refractivity contribution in [2.75, 3.05) is 23.4 Å². The molecule has 88 valence electrons. The van der Waals surface area contributed by atoms with Crippen molar-refractivity contribution in [2.24, 2.45) is 0 Å². The third-order valence-electron chi connectivity index (χ3n) is 2.69. The van der Waals surface area contributed by atoms with Gasteiger partial charge in [-0.2, -0.15) is 0 Å². The summed E-state index contributed by atoms with van der Waals surface area (Å²) in [7, 11) is 0.